The van der Waals surface area contributed by atoms with E-state index >= 15 is 0 Å². The molecule has 0 spiro atoms. The zero-order valence-corrected chi connectivity index (χ0v) is 30.4. The van der Waals surface area contributed by atoms with Gasteiger partial charge >= 0.3 is 0 Å². The van der Waals surface area contributed by atoms with Crippen molar-refractivity contribution in [2.24, 2.45) is 32.5 Å². The topological polar surface area (TPSA) is 112 Å². The Labute approximate surface area is 275 Å². The van der Waals surface area contributed by atoms with Crippen molar-refractivity contribution >= 4 is 17.3 Å². The fourth-order valence-electron chi connectivity index (χ4n) is 1.67. The zero-order valence-electron chi connectivity index (χ0n) is 28.6. The van der Waals surface area contributed by atoms with Gasteiger partial charge in [-0.1, -0.05) is 125 Å². The van der Waals surface area contributed by atoms with Gasteiger partial charge in [0, 0.05) is 87.6 Å². The summed E-state index contributed by atoms with van der Waals surface area (Å²) < 4.78 is 0. The van der Waals surface area contributed by atoms with Crippen molar-refractivity contribution in [3.05, 3.63) is 35.5 Å². The number of hydrogen-bond donors (Lipinski definition) is 3. The SMILES string of the molecule is CC(C)(C)C(=O)C=C(O)C(C)(C)C.CC(C)(C)C(=O)C=C(O)C(C)(C)C.CC(C)(C)C(=O)C=C(O)C(C)(C)C.[Tm]. The summed E-state index contributed by atoms with van der Waals surface area (Å²) in [5.41, 5.74) is -2.29. The van der Waals surface area contributed by atoms with Gasteiger partial charge in [0.25, 0.3) is 0 Å². The Hall–Kier alpha value is -1.14. The molecular weight excluding hydrogens is 661 g/mol. The van der Waals surface area contributed by atoms with Crippen molar-refractivity contribution < 1.29 is 66.6 Å². The van der Waals surface area contributed by atoms with Crippen molar-refractivity contribution in [3.8, 4) is 0 Å². The van der Waals surface area contributed by atoms with E-state index in [1.165, 1.54) is 18.2 Å². The maximum Gasteiger partial charge on any atom is 0.164 e. The second-order valence-corrected chi connectivity index (χ2v) is 16.2. The fraction of sp³-hybridized carbons (Fsp3) is 0.727. The maximum atomic E-state index is 11.5. The summed E-state index contributed by atoms with van der Waals surface area (Å²) in [5.74, 6) is 0.312. The molecule has 0 amide bonds. The monoisotopic (exact) mass is 721 g/mol. The minimum absolute atomic E-state index is 0. The number of carbonyl (C=O) groups is 3. The van der Waals surface area contributed by atoms with Crippen molar-refractivity contribution in [3.63, 3.8) is 0 Å². The van der Waals surface area contributed by atoms with Crippen LogP contribution < -0.4 is 0 Å². The molecule has 6 nitrogen and oxygen atoms in total. The van der Waals surface area contributed by atoms with Gasteiger partial charge in [0.15, 0.2) is 17.3 Å². The normalized spacial score (nSPS) is 14.1. The van der Waals surface area contributed by atoms with E-state index in [4.69, 9.17) is 0 Å². The van der Waals surface area contributed by atoms with Crippen LogP contribution in [0.3, 0.4) is 0 Å². The van der Waals surface area contributed by atoms with Gasteiger partial charge in [-0.05, 0) is 0 Å². The minimum Gasteiger partial charge on any atom is -0.512 e. The molecule has 0 aliphatic carbocycles. The van der Waals surface area contributed by atoms with Crippen LogP contribution in [0.15, 0.2) is 35.5 Å². The molecule has 0 aromatic carbocycles. The van der Waals surface area contributed by atoms with Gasteiger partial charge in [-0.25, -0.2) is 0 Å². The first-order chi connectivity index (χ1) is 16.6. The standard InChI is InChI=1S/3C11H20O2.Tm/c3*1-10(2,3)8(12)7-9(13)11(4,5)6;/h3*7,12H,1-6H3;. The van der Waals surface area contributed by atoms with E-state index in [0.29, 0.717) is 0 Å². The average Bonchev–Trinajstić information content (AvgIpc) is 2.64. The first-order valence-electron chi connectivity index (χ1n) is 13.5. The first kappa shape index (κ1) is 45.8. The minimum atomic E-state index is -0.417. The molecule has 0 heterocycles. The Bertz CT molecular complexity index is 801. The van der Waals surface area contributed by atoms with Crippen LogP contribution in [0.4, 0.5) is 0 Å². The number of aliphatic hydroxyl groups excluding tert-OH is 3. The summed E-state index contributed by atoms with van der Waals surface area (Å²) in [4.78, 5) is 34.5. The van der Waals surface area contributed by atoms with E-state index in [0.717, 1.165) is 0 Å². The van der Waals surface area contributed by atoms with Crippen molar-refractivity contribution in [2.75, 3.05) is 0 Å². The van der Waals surface area contributed by atoms with Crippen LogP contribution in [0.5, 0.6) is 0 Å². The summed E-state index contributed by atoms with van der Waals surface area (Å²) >= 11 is 0. The van der Waals surface area contributed by atoms with Crippen LogP contribution in [0.25, 0.3) is 0 Å². The number of ketones is 3. The third kappa shape index (κ3) is 21.6. The van der Waals surface area contributed by atoms with Crippen LogP contribution in [-0.2, 0) is 14.4 Å². The molecule has 1 radical (unpaired) electrons. The molecule has 0 aliphatic heterocycles. The molecule has 7 heteroatoms. The Morgan fingerprint density at radius 1 is 0.350 bits per heavy atom. The maximum absolute atomic E-state index is 11.5. The van der Waals surface area contributed by atoms with Crippen LogP contribution in [0.2, 0.25) is 0 Å². The third-order valence-electron chi connectivity index (χ3n) is 5.33. The van der Waals surface area contributed by atoms with E-state index in [2.05, 4.69) is 0 Å². The van der Waals surface area contributed by atoms with Gasteiger partial charge in [0.05, 0.1) is 0 Å². The molecule has 0 saturated heterocycles. The molecule has 0 aromatic rings. The van der Waals surface area contributed by atoms with Crippen molar-refractivity contribution in [1.82, 2.24) is 0 Å². The molecule has 0 saturated carbocycles. The molecule has 0 fully saturated rings. The summed E-state index contributed by atoms with van der Waals surface area (Å²) in [7, 11) is 0. The molecule has 0 bridgehead atoms. The molecule has 0 rings (SSSR count). The van der Waals surface area contributed by atoms with Crippen LogP contribution in [0.1, 0.15) is 125 Å². The van der Waals surface area contributed by atoms with Gasteiger partial charge in [-0.15, -0.1) is 0 Å². The van der Waals surface area contributed by atoms with Gasteiger partial charge in [-0.3, -0.25) is 14.4 Å². The Morgan fingerprint density at radius 3 is 0.550 bits per heavy atom. The molecule has 0 aromatic heterocycles. The number of hydrogen-bond acceptors (Lipinski definition) is 6. The van der Waals surface area contributed by atoms with E-state index in [9.17, 15) is 29.7 Å². The molecule has 40 heavy (non-hydrogen) atoms. The summed E-state index contributed by atoms with van der Waals surface area (Å²) in [6.45, 7) is 33.3. The fourth-order valence-corrected chi connectivity index (χ4v) is 1.67. The number of allylic oxidation sites excluding steroid dienone is 6. The third-order valence-corrected chi connectivity index (χ3v) is 5.33. The number of rotatable bonds is 3. The van der Waals surface area contributed by atoms with Gasteiger partial charge in [0.2, 0.25) is 0 Å². The molecule has 0 aliphatic rings. The number of carbonyl (C=O) groups excluding carboxylic acids is 3. The average molecular weight is 722 g/mol. The second-order valence-electron chi connectivity index (χ2n) is 16.2. The van der Waals surface area contributed by atoms with Crippen molar-refractivity contribution in [1.29, 1.82) is 0 Å². The predicted octanol–water partition coefficient (Wildman–Crippen LogP) is 9.27. The van der Waals surface area contributed by atoms with Gasteiger partial charge < -0.3 is 15.3 Å². The van der Waals surface area contributed by atoms with E-state index < -0.39 is 16.2 Å². The van der Waals surface area contributed by atoms with E-state index in [1.54, 1.807) is 0 Å². The van der Waals surface area contributed by atoms with Crippen molar-refractivity contribution in [2.45, 2.75) is 125 Å². The summed E-state index contributed by atoms with van der Waals surface area (Å²) in [5, 5.41) is 28.7. The van der Waals surface area contributed by atoms with E-state index in [-0.39, 0.29) is 87.7 Å². The molecule has 241 valence electrons. The second kappa shape index (κ2) is 16.5. The first-order valence-corrected chi connectivity index (χ1v) is 13.5. The summed E-state index contributed by atoms with van der Waals surface area (Å²) in [6.07, 6.45) is 4.00. The van der Waals surface area contributed by atoms with E-state index in [1.807, 2.05) is 125 Å². The predicted molar refractivity (Wildman–Crippen MR) is 164 cm³/mol. The molecule has 0 atom stereocenters. The van der Waals surface area contributed by atoms with Crippen LogP contribution in [0, 0.1) is 69.4 Å². The smallest absolute Gasteiger partial charge is 0.164 e. The van der Waals surface area contributed by atoms with Gasteiger partial charge in [0.1, 0.15) is 17.3 Å². The Kier molecular flexibility index (Phi) is 18.9. The van der Waals surface area contributed by atoms with Crippen LogP contribution in [-0.4, -0.2) is 32.7 Å². The quantitative estimate of drug-likeness (QED) is 0.198. The van der Waals surface area contributed by atoms with Gasteiger partial charge in [-0.2, -0.15) is 0 Å². The zero-order chi connectivity index (χ0) is 32.6. The Balaban J connectivity index is -0.000000240. The molecular formula is C33H60O6Tm. The molecule has 3 N–H and O–H groups in total. The Morgan fingerprint density at radius 2 is 0.475 bits per heavy atom. The largest absolute Gasteiger partial charge is 0.512 e. The summed E-state index contributed by atoms with van der Waals surface area (Å²) in [6, 6.07) is 0. The van der Waals surface area contributed by atoms with Crippen LogP contribution >= 0.6 is 0 Å². The number of aliphatic hydroxyl groups is 3. The molecule has 0 unspecified atom stereocenters.